The summed E-state index contributed by atoms with van der Waals surface area (Å²) in [6.45, 7) is 0.223. The van der Waals surface area contributed by atoms with E-state index in [-0.39, 0.29) is 12.7 Å². The lowest BCUT2D eigenvalue weighted by atomic mass is 9.51. The Morgan fingerprint density at radius 2 is 1.03 bits per heavy atom. The molecule has 3 aliphatic rings. The van der Waals surface area contributed by atoms with Gasteiger partial charge in [0, 0.05) is 18.6 Å². The number of rotatable bonds is 4. The van der Waals surface area contributed by atoms with Gasteiger partial charge >= 0.3 is 0 Å². The summed E-state index contributed by atoms with van der Waals surface area (Å²) >= 11 is 0. The number of para-hydroxylation sites is 1. The number of ether oxygens (including phenoxy) is 2. The fourth-order valence-electron chi connectivity index (χ4n) is 5.67. The summed E-state index contributed by atoms with van der Waals surface area (Å²) in [7, 11) is 1.66. The molecule has 0 amide bonds. The minimum Gasteiger partial charge on any atom is -0.467 e. The molecule has 146 valence electrons. The summed E-state index contributed by atoms with van der Waals surface area (Å²) in [5.74, 6) is 1.13. The van der Waals surface area contributed by atoms with Crippen molar-refractivity contribution in [1.29, 1.82) is 0 Å². The molecule has 0 unspecified atom stereocenters. The molecular weight excluding hydrogens is 368 g/mol. The molecule has 2 heteroatoms. The van der Waals surface area contributed by atoms with Gasteiger partial charge in [0.25, 0.3) is 0 Å². The van der Waals surface area contributed by atoms with Crippen LogP contribution < -0.4 is 4.74 Å². The Bertz CT molecular complexity index is 1140. The van der Waals surface area contributed by atoms with Crippen LogP contribution in [0, 0.1) is 0 Å². The van der Waals surface area contributed by atoms with Crippen molar-refractivity contribution < 1.29 is 9.47 Å². The first-order valence-corrected chi connectivity index (χ1v) is 10.4. The smallest absolute Gasteiger partial charge is 0.188 e. The molecule has 3 aliphatic carbocycles. The molecule has 2 nitrogen and oxygen atoms in total. The molecule has 0 fully saturated rings. The highest BCUT2D eigenvalue weighted by molar-refractivity contribution is 5.77. The molecule has 0 aliphatic heterocycles. The van der Waals surface area contributed by atoms with Gasteiger partial charge in [-0.15, -0.1) is 0 Å². The second-order valence-corrected chi connectivity index (χ2v) is 7.99. The zero-order valence-electron chi connectivity index (χ0n) is 16.8. The quantitative estimate of drug-likeness (QED) is 0.351. The van der Waals surface area contributed by atoms with Crippen LogP contribution in [-0.2, 0) is 10.2 Å². The highest BCUT2D eigenvalue weighted by atomic mass is 16.7. The Labute approximate surface area is 176 Å². The summed E-state index contributed by atoms with van der Waals surface area (Å²) < 4.78 is 11.4. The third-order valence-electron chi connectivity index (χ3n) is 6.65. The van der Waals surface area contributed by atoms with E-state index in [0.717, 1.165) is 11.3 Å². The average molecular weight is 390 g/mol. The first kappa shape index (κ1) is 17.5. The van der Waals surface area contributed by atoms with Crippen molar-refractivity contribution in [2.45, 2.75) is 11.3 Å². The standard InChI is InChI=1S/C28H22O2/c1-29-18-30-26-17-9-8-16-25(26)28-22-13-5-2-10-19(22)27(20-11-3-6-14-23(20)28)21-12-4-7-15-24(21)28/h2-17,27H,18H2,1H3. The average Bonchev–Trinajstić information content (AvgIpc) is 2.82. The number of hydrogen-bond donors (Lipinski definition) is 0. The molecule has 0 N–H and O–H groups in total. The van der Waals surface area contributed by atoms with Crippen LogP contribution in [0.1, 0.15) is 44.9 Å². The van der Waals surface area contributed by atoms with Gasteiger partial charge in [-0.05, 0) is 39.4 Å². The summed E-state index contributed by atoms with van der Waals surface area (Å²) in [5, 5.41) is 0. The van der Waals surface area contributed by atoms with Crippen molar-refractivity contribution in [1.82, 2.24) is 0 Å². The van der Waals surface area contributed by atoms with E-state index in [4.69, 9.17) is 9.47 Å². The van der Waals surface area contributed by atoms with Gasteiger partial charge < -0.3 is 9.47 Å². The largest absolute Gasteiger partial charge is 0.467 e. The van der Waals surface area contributed by atoms with Gasteiger partial charge in [-0.25, -0.2) is 0 Å². The number of methoxy groups -OCH3 is 1. The van der Waals surface area contributed by atoms with Crippen LogP contribution in [0.2, 0.25) is 0 Å². The molecule has 2 bridgehead atoms. The molecule has 4 aromatic carbocycles. The van der Waals surface area contributed by atoms with Crippen molar-refractivity contribution >= 4 is 0 Å². The van der Waals surface area contributed by atoms with Crippen molar-refractivity contribution in [3.63, 3.8) is 0 Å². The molecule has 0 atom stereocenters. The van der Waals surface area contributed by atoms with E-state index in [9.17, 15) is 0 Å². The minimum absolute atomic E-state index is 0.223. The van der Waals surface area contributed by atoms with Crippen molar-refractivity contribution in [2.75, 3.05) is 13.9 Å². The maximum Gasteiger partial charge on any atom is 0.188 e. The Hall–Kier alpha value is -3.36. The lowest BCUT2D eigenvalue weighted by molar-refractivity contribution is 0.0500. The SMILES string of the molecule is COCOc1ccccc1C12c3ccccc3C(c3ccccc31)c1ccccc12. The molecule has 0 heterocycles. The zero-order valence-corrected chi connectivity index (χ0v) is 16.8. The minimum atomic E-state index is -0.414. The Morgan fingerprint density at radius 1 is 0.600 bits per heavy atom. The van der Waals surface area contributed by atoms with Gasteiger partial charge in [-0.1, -0.05) is 91.0 Å². The van der Waals surface area contributed by atoms with Crippen molar-refractivity contribution in [3.8, 4) is 5.75 Å². The molecule has 4 aromatic rings. The first-order chi connectivity index (χ1) is 14.9. The number of hydrogen-bond acceptors (Lipinski definition) is 2. The monoisotopic (exact) mass is 390 g/mol. The maximum absolute atomic E-state index is 6.11. The van der Waals surface area contributed by atoms with Gasteiger partial charge in [0.05, 0.1) is 5.41 Å². The van der Waals surface area contributed by atoms with Gasteiger partial charge in [-0.3, -0.25) is 0 Å². The van der Waals surface area contributed by atoms with Crippen molar-refractivity contribution in [2.24, 2.45) is 0 Å². The molecule has 0 aromatic heterocycles. The number of benzene rings is 4. The molecular formula is C28H22O2. The summed E-state index contributed by atoms with van der Waals surface area (Å²) in [6, 6.07) is 35.1. The fourth-order valence-corrected chi connectivity index (χ4v) is 5.67. The highest BCUT2D eigenvalue weighted by Gasteiger charge is 2.53. The van der Waals surface area contributed by atoms with Crippen LogP contribution in [0.25, 0.3) is 0 Å². The Balaban J connectivity index is 1.79. The molecule has 0 saturated carbocycles. The van der Waals surface area contributed by atoms with E-state index >= 15 is 0 Å². The predicted molar refractivity (Wildman–Crippen MR) is 118 cm³/mol. The van der Waals surface area contributed by atoms with Crippen LogP contribution in [0.15, 0.2) is 97.1 Å². The van der Waals surface area contributed by atoms with E-state index < -0.39 is 5.41 Å². The summed E-state index contributed by atoms with van der Waals surface area (Å²) in [6.07, 6.45) is 0. The van der Waals surface area contributed by atoms with Crippen LogP contribution >= 0.6 is 0 Å². The van der Waals surface area contributed by atoms with E-state index in [1.54, 1.807) is 7.11 Å². The van der Waals surface area contributed by atoms with Gasteiger partial charge in [-0.2, -0.15) is 0 Å². The highest BCUT2D eigenvalue weighted by Crippen LogP contribution is 2.62. The summed E-state index contributed by atoms with van der Waals surface area (Å²) in [5.41, 5.74) is 8.95. The second kappa shape index (κ2) is 6.58. The first-order valence-electron chi connectivity index (χ1n) is 10.4. The van der Waals surface area contributed by atoms with Crippen LogP contribution in [0.3, 0.4) is 0 Å². The van der Waals surface area contributed by atoms with Gasteiger partial charge in [0.2, 0.25) is 0 Å². The van der Waals surface area contributed by atoms with Crippen molar-refractivity contribution in [3.05, 3.63) is 136 Å². The van der Waals surface area contributed by atoms with Gasteiger partial charge in [0.15, 0.2) is 6.79 Å². The van der Waals surface area contributed by atoms with E-state index in [1.807, 2.05) is 6.07 Å². The third-order valence-corrected chi connectivity index (χ3v) is 6.65. The third kappa shape index (κ3) is 2.12. The lowest BCUT2D eigenvalue weighted by Crippen LogP contribution is -2.43. The fraction of sp³-hybridized carbons (Fsp3) is 0.143. The maximum atomic E-state index is 6.11. The van der Waals surface area contributed by atoms with E-state index in [2.05, 4.69) is 91.0 Å². The molecule has 7 rings (SSSR count). The molecule has 0 radical (unpaired) electrons. The normalized spacial score (nSPS) is 20.2. The van der Waals surface area contributed by atoms with E-state index in [0.29, 0.717) is 0 Å². The summed E-state index contributed by atoms with van der Waals surface area (Å²) in [4.78, 5) is 0. The van der Waals surface area contributed by atoms with Gasteiger partial charge in [0.1, 0.15) is 5.75 Å². The van der Waals surface area contributed by atoms with Crippen LogP contribution in [0.5, 0.6) is 5.75 Å². The van der Waals surface area contributed by atoms with Crippen LogP contribution in [0.4, 0.5) is 0 Å². The predicted octanol–water partition coefficient (Wildman–Crippen LogP) is 5.86. The zero-order chi connectivity index (χ0) is 20.1. The lowest BCUT2D eigenvalue weighted by Gasteiger charge is -2.51. The Morgan fingerprint density at radius 3 is 1.53 bits per heavy atom. The Kier molecular flexibility index (Phi) is 3.84. The second-order valence-electron chi connectivity index (χ2n) is 7.99. The topological polar surface area (TPSA) is 18.5 Å². The van der Waals surface area contributed by atoms with Crippen LogP contribution in [-0.4, -0.2) is 13.9 Å². The molecule has 0 saturated heterocycles. The van der Waals surface area contributed by atoms with E-state index in [1.165, 1.54) is 33.4 Å². The molecule has 30 heavy (non-hydrogen) atoms. The molecule has 0 spiro atoms.